The first kappa shape index (κ1) is 19.5. The molecule has 0 spiro atoms. The molecule has 3 N–H and O–H groups in total. The van der Waals surface area contributed by atoms with E-state index in [1.54, 1.807) is 32.4 Å². The lowest BCUT2D eigenvalue weighted by Crippen LogP contribution is -2.28. The lowest BCUT2D eigenvalue weighted by Gasteiger charge is -2.22. The first-order chi connectivity index (χ1) is 12.3. The van der Waals surface area contributed by atoms with E-state index in [-0.39, 0.29) is 26.0 Å². The molecule has 0 bridgehead atoms. The van der Waals surface area contributed by atoms with Gasteiger partial charge in [0.2, 0.25) is 0 Å². The van der Waals surface area contributed by atoms with Gasteiger partial charge in [0.25, 0.3) is 6.47 Å². The second-order valence-electron chi connectivity index (χ2n) is 6.34. The standard InChI is InChI=1S/C16H19NO6.CH2O2/c1-22-11-4-3-5-12(23-2)10(11)6-17-8-15(13(18)19)7-16(15,9-17)14(20)21;2-1-3/h3-5H,6-9H2,1-2H3,(H,18,19)(H,20,21);1H,(H,2,3)/t15-,16+;. The summed E-state index contributed by atoms with van der Waals surface area (Å²) >= 11 is 0. The van der Waals surface area contributed by atoms with Crippen LogP contribution in [0.5, 0.6) is 11.5 Å². The normalized spacial score (nSPS) is 26.1. The van der Waals surface area contributed by atoms with E-state index in [0.717, 1.165) is 5.56 Å². The van der Waals surface area contributed by atoms with Gasteiger partial charge in [-0.1, -0.05) is 6.07 Å². The maximum Gasteiger partial charge on any atom is 0.312 e. The van der Waals surface area contributed by atoms with Crippen LogP contribution in [0.2, 0.25) is 0 Å². The molecule has 1 aliphatic heterocycles. The predicted molar refractivity (Wildman–Crippen MR) is 88.3 cm³/mol. The molecule has 3 rings (SSSR count). The molecular weight excluding hydrogens is 346 g/mol. The number of hydrogen-bond acceptors (Lipinski definition) is 6. The van der Waals surface area contributed by atoms with Crippen LogP contribution in [0.15, 0.2) is 18.2 Å². The maximum atomic E-state index is 11.6. The molecule has 1 aliphatic carbocycles. The Labute approximate surface area is 149 Å². The Morgan fingerprint density at radius 2 is 1.54 bits per heavy atom. The number of nitrogens with zero attached hydrogens (tertiary/aromatic N) is 1. The van der Waals surface area contributed by atoms with Crippen molar-refractivity contribution in [3.8, 4) is 11.5 Å². The summed E-state index contributed by atoms with van der Waals surface area (Å²) in [5.74, 6) is -0.791. The van der Waals surface area contributed by atoms with E-state index >= 15 is 0 Å². The summed E-state index contributed by atoms with van der Waals surface area (Å²) < 4.78 is 10.7. The highest BCUT2D eigenvalue weighted by atomic mass is 16.5. The van der Waals surface area contributed by atoms with Crippen LogP contribution in [-0.2, 0) is 20.9 Å². The largest absolute Gasteiger partial charge is 0.496 e. The SMILES string of the molecule is COc1cccc(OC)c1CN1C[C@@]2(C(=O)O)C[C@@]2(C(=O)O)C1.O=CO. The second kappa shape index (κ2) is 7.20. The first-order valence-corrected chi connectivity index (χ1v) is 7.78. The van der Waals surface area contributed by atoms with Crippen LogP contribution in [0.25, 0.3) is 0 Å². The van der Waals surface area contributed by atoms with E-state index in [4.69, 9.17) is 19.4 Å². The summed E-state index contributed by atoms with van der Waals surface area (Å²) in [5.41, 5.74) is -1.55. The van der Waals surface area contributed by atoms with Crippen molar-refractivity contribution in [2.75, 3.05) is 27.3 Å². The lowest BCUT2D eigenvalue weighted by molar-refractivity contribution is -0.151. The molecule has 9 nitrogen and oxygen atoms in total. The van der Waals surface area contributed by atoms with E-state index in [1.165, 1.54) is 0 Å². The van der Waals surface area contributed by atoms with Crippen LogP contribution in [-0.4, -0.2) is 65.9 Å². The third-order valence-corrected chi connectivity index (χ3v) is 5.11. The second-order valence-corrected chi connectivity index (χ2v) is 6.34. The molecule has 2 fully saturated rings. The molecule has 9 heteroatoms. The highest BCUT2D eigenvalue weighted by Crippen LogP contribution is 2.68. The summed E-state index contributed by atoms with van der Waals surface area (Å²) in [6.07, 6.45) is 0.199. The minimum absolute atomic E-state index is 0.199. The molecule has 0 unspecified atom stereocenters. The third kappa shape index (κ3) is 2.94. The summed E-state index contributed by atoms with van der Waals surface area (Å²) in [4.78, 5) is 33.4. The Bertz CT molecular complexity index is 670. The number of likely N-dealkylation sites (tertiary alicyclic amines) is 1. The number of aliphatic carboxylic acids is 2. The van der Waals surface area contributed by atoms with E-state index in [1.807, 2.05) is 4.90 Å². The predicted octanol–water partition coefficient (Wildman–Crippen LogP) is 0.766. The van der Waals surface area contributed by atoms with Crippen molar-refractivity contribution in [3.63, 3.8) is 0 Å². The van der Waals surface area contributed by atoms with Crippen LogP contribution in [0.1, 0.15) is 12.0 Å². The molecule has 1 aromatic rings. The Hall–Kier alpha value is -2.81. The minimum Gasteiger partial charge on any atom is -0.496 e. The van der Waals surface area contributed by atoms with Gasteiger partial charge in [0.05, 0.1) is 30.6 Å². The lowest BCUT2D eigenvalue weighted by atomic mass is 9.97. The summed E-state index contributed by atoms with van der Waals surface area (Å²) in [6, 6.07) is 5.41. The van der Waals surface area contributed by atoms with Gasteiger partial charge in [0.1, 0.15) is 11.5 Å². The van der Waals surface area contributed by atoms with Crippen molar-refractivity contribution >= 4 is 18.4 Å². The van der Waals surface area contributed by atoms with Crippen molar-refractivity contribution in [1.82, 2.24) is 4.90 Å². The van der Waals surface area contributed by atoms with Gasteiger partial charge < -0.3 is 24.8 Å². The fraction of sp³-hybridized carbons (Fsp3) is 0.471. The van der Waals surface area contributed by atoms with Crippen LogP contribution in [0.3, 0.4) is 0 Å². The average molecular weight is 367 g/mol. The van der Waals surface area contributed by atoms with Gasteiger partial charge in [0, 0.05) is 19.6 Å². The molecular formula is C17H21NO8. The van der Waals surface area contributed by atoms with Gasteiger partial charge in [-0.2, -0.15) is 0 Å². The Kier molecular flexibility index (Phi) is 5.41. The van der Waals surface area contributed by atoms with E-state index in [2.05, 4.69) is 0 Å². The van der Waals surface area contributed by atoms with Crippen LogP contribution in [0.4, 0.5) is 0 Å². The zero-order valence-electron chi connectivity index (χ0n) is 14.5. The first-order valence-electron chi connectivity index (χ1n) is 7.78. The average Bonchev–Trinajstić information content (AvgIpc) is 3.15. The number of carboxylic acids is 2. The molecule has 1 heterocycles. The van der Waals surface area contributed by atoms with Gasteiger partial charge in [-0.25, -0.2) is 0 Å². The summed E-state index contributed by atoms with van der Waals surface area (Å²) in [5, 5.41) is 25.8. The molecule has 2 atom stereocenters. The topological polar surface area (TPSA) is 134 Å². The van der Waals surface area contributed by atoms with E-state index in [0.29, 0.717) is 18.0 Å². The van der Waals surface area contributed by atoms with Crippen LogP contribution < -0.4 is 9.47 Å². The quantitative estimate of drug-likeness (QED) is 0.623. The minimum atomic E-state index is -1.17. The number of carboxylic acid groups (broad SMARTS) is 3. The zero-order chi connectivity index (χ0) is 19.5. The summed E-state index contributed by atoms with van der Waals surface area (Å²) in [6.45, 7) is 0.572. The third-order valence-electron chi connectivity index (χ3n) is 5.11. The number of hydrogen-bond donors (Lipinski definition) is 3. The van der Waals surface area contributed by atoms with E-state index < -0.39 is 22.8 Å². The number of carbonyl (C=O) groups is 3. The Morgan fingerprint density at radius 1 is 1.12 bits per heavy atom. The molecule has 0 amide bonds. The Morgan fingerprint density at radius 3 is 1.88 bits per heavy atom. The van der Waals surface area contributed by atoms with Gasteiger partial charge in [0.15, 0.2) is 0 Å². The fourth-order valence-corrected chi connectivity index (χ4v) is 3.82. The van der Waals surface area contributed by atoms with Crippen LogP contribution in [0, 0.1) is 10.8 Å². The molecule has 26 heavy (non-hydrogen) atoms. The van der Waals surface area contributed by atoms with Gasteiger partial charge >= 0.3 is 11.9 Å². The molecule has 1 aromatic carbocycles. The number of rotatable bonds is 6. The zero-order valence-corrected chi connectivity index (χ0v) is 14.5. The van der Waals surface area contributed by atoms with Crippen molar-refractivity contribution in [2.24, 2.45) is 10.8 Å². The highest BCUT2D eigenvalue weighted by Gasteiger charge is 2.80. The van der Waals surface area contributed by atoms with Crippen molar-refractivity contribution in [3.05, 3.63) is 23.8 Å². The van der Waals surface area contributed by atoms with E-state index in [9.17, 15) is 19.8 Å². The number of piperidine rings is 1. The van der Waals surface area contributed by atoms with Gasteiger partial charge in [-0.05, 0) is 18.6 Å². The monoisotopic (exact) mass is 367 g/mol. The molecule has 0 radical (unpaired) electrons. The number of fused-ring (bicyclic) bond motifs is 1. The molecule has 0 aromatic heterocycles. The molecule has 1 saturated carbocycles. The number of methoxy groups -OCH3 is 2. The highest BCUT2D eigenvalue weighted by molar-refractivity contribution is 5.94. The Balaban J connectivity index is 0.000000758. The van der Waals surface area contributed by atoms with Gasteiger partial charge in [-0.3, -0.25) is 19.3 Å². The maximum absolute atomic E-state index is 11.6. The van der Waals surface area contributed by atoms with Gasteiger partial charge in [-0.15, -0.1) is 0 Å². The number of ether oxygens (including phenoxy) is 2. The molecule has 2 aliphatic rings. The fourth-order valence-electron chi connectivity index (χ4n) is 3.82. The van der Waals surface area contributed by atoms with Crippen LogP contribution >= 0.6 is 0 Å². The number of benzene rings is 1. The smallest absolute Gasteiger partial charge is 0.312 e. The summed E-state index contributed by atoms with van der Waals surface area (Å²) in [7, 11) is 3.11. The van der Waals surface area contributed by atoms with Crippen molar-refractivity contribution in [1.29, 1.82) is 0 Å². The van der Waals surface area contributed by atoms with Crippen molar-refractivity contribution < 1.29 is 39.2 Å². The molecule has 1 saturated heterocycles. The molecule has 142 valence electrons. The van der Waals surface area contributed by atoms with Crippen molar-refractivity contribution in [2.45, 2.75) is 13.0 Å².